The highest BCUT2D eigenvalue weighted by atomic mass is 32.2. The van der Waals surface area contributed by atoms with Gasteiger partial charge in [0.1, 0.15) is 0 Å². The Kier molecular flexibility index (Phi) is 4.52. The lowest BCUT2D eigenvalue weighted by Gasteiger charge is -2.11. The Hall–Kier alpha value is -1.90. The van der Waals surface area contributed by atoms with Crippen LogP contribution in [0.25, 0.3) is 0 Å². The molecule has 0 saturated carbocycles. The Balaban J connectivity index is 2.37. The smallest absolute Gasteiger partial charge is 0.238 e. The minimum Gasteiger partial charge on any atom is -0.399 e. The van der Waals surface area contributed by atoms with Gasteiger partial charge < -0.3 is 5.73 Å². The fourth-order valence-electron chi connectivity index (χ4n) is 2.22. The maximum atomic E-state index is 12.6. The second-order valence-electron chi connectivity index (χ2n) is 5.42. The van der Waals surface area contributed by atoms with Gasteiger partial charge in [-0.05, 0) is 54.8 Å². The maximum Gasteiger partial charge on any atom is 0.238 e. The van der Waals surface area contributed by atoms with Crippen LogP contribution in [0.1, 0.15) is 16.7 Å². The number of rotatable bonds is 4. The van der Waals surface area contributed by atoms with Gasteiger partial charge in [-0.15, -0.1) is 0 Å². The normalized spacial score (nSPS) is 12.3. The predicted molar refractivity (Wildman–Crippen MR) is 89.0 cm³/mol. The zero-order chi connectivity index (χ0) is 17.4. The number of primary sulfonamides is 1. The van der Waals surface area contributed by atoms with Gasteiger partial charge in [0.2, 0.25) is 10.0 Å². The summed E-state index contributed by atoms with van der Waals surface area (Å²) < 4.78 is 47.6. The Morgan fingerprint density at radius 1 is 0.913 bits per heavy atom. The van der Waals surface area contributed by atoms with Crippen LogP contribution < -0.4 is 10.9 Å². The van der Waals surface area contributed by atoms with E-state index in [9.17, 15) is 16.8 Å². The number of hydrogen-bond donors (Lipinski definition) is 2. The van der Waals surface area contributed by atoms with Gasteiger partial charge in [0, 0.05) is 5.69 Å². The van der Waals surface area contributed by atoms with Gasteiger partial charge in [0.25, 0.3) is 0 Å². The largest absolute Gasteiger partial charge is 0.399 e. The molecule has 2 rings (SSSR count). The minimum absolute atomic E-state index is 0.0573. The summed E-state index contributed by atoms with van der Waals surface area (Å²) in [6.07, 6.45) is 0. The van der Waals surface area contributed by atoms with E-state index in [4.69, 9.17) is 10.9 Å². The lowest BCUT2D eigenvalue weighted by Crippen LogP contribution is -2.12. The quantitative estimate of drug-likeness (QED) is 0.806. The number of anilines is 1. The lowest BCUT2D eigenvalue weighted by atomic mass is 10.1. The number of nitrogens with two attached hydrogens (primary N) is 2. The standard InChI is InChI=1S/C15H18N2O4S2/c1-10-8-15(11(2)7-14(10)16)22(18,19)9-12-3-5-13(6-4-12)23(17,20)21/h3-8H,9,16H2,1-2H3,(H2,17,20,21). The van der Waals surface area contributed by atoms with E-state index in [2.05, 4.69) is 0 Å². The first-order chi connectivity index (χ1) is 10.5. The number of nitrogen functional groups attached to an aromatic ring is 1. The third-order valence-electron chi connectivity index (χ3n) is 3.51. The molecule has 2 aromatic rings. The zero-order valence-electron chi connectivity index (χ0n) is 12.8. The molecule has 0 unspecified atom stereocenters. The Labute approximate surface area is 136 Å². The molecular formula is C15H18N2O4S2. The molecular weight excluding hydrogens is 336 g/mol. The van der Waals surface area contributed by atoms with Crippen LogP contribution >= 0.6 is 0 Å². The fraction of sp³-hybridized carbons (Fsp3) is 0.200. The molecule has 4 N–H and O–H groups in total. The maximum absolute atomic E-state index is 12.6. The van der Waals surface area contributed by atoms with Crippen molar-refractivity contribution in [3.05, 3.63) is 53.1 Å². The van der Waals surface area contributed by atoms with Gasteiger partial charge in [-0.1, -0.05) is 12.1 Å². The van der Waals surface area contributed by atoms with Crippen LogP contribution in [0.5, 0.6) is 0 Å². The van der Waals surface area contributed by atoms with Crippen molar-refractivity contribution in [1.82, 2.24) is 0 Å². The van der Waals surface area contributed by atoms with Crippen molar-refractivity contribution in [1.29, 1.82) is 0 Å². The Bertz CT molecular complexity index is 948. The van der Waals surface area contributed by atoms with Gasteiger partial charge >= 0.3 is 0 Å². The van der Waals surface area contributed by atoms with E-state index in [-0.39, 0.29) is 15.5 Å². The van der Waals surface area contributed by atoms with Gasteiger partial charge in [-0.3, -0.25) is 0 Å². The molecule has 0 fully saturated rings. The van der Waals surface area contributed by atoms with Crippen LogP contribution in [0, 0.1) is 13.8 Å². The number of sulfonamides is 1. The number of sulfone groups is 1. The van der Waals surface area contributed by atoms with Crippen molar-refractivity contribution in [3.63, 3.8) is 0 Å². The first-order valence-electron chi connectivity index (χ1n) is 6.72. The second-order valence-corrected chi connectivity index (χ2v) is 8.94. The molecule has 0 heterocycles. The summed E-state index contributed by atoms with van der Waals surface area (Å²) in [4.78, 5) is 0.165. The van der Waals surface area contributed by atoms with Crippen molar-refractivity contribution >= 4 is 25.5 Å². The summed E-state index contributed by atoms with van der Waals surface area (Å²) in [5, 5.41) is 5.02. The van der Waals surface area contributed by atoms with E-state index in [1.54, 1.807) is 26.0 Å². The van der Waals surface area contributed by atoms with Crippen LogP contribution in [-0.2, 0) is 25.6 Å². The third kappa shape index (κ3) is 3.90. The molecule has 0 atom stereocenters. The molecule has 0 aliphatic carbocycles. The molecule has 124 valence electrons. The average Bonchev–Trinajstić information content (AvgIpc) is 2.41. The van der Waals surface area contributed by atoms with Crippen molar-refractivity contribution in [2.45, 2.75) is 29.4 Å². The summed E-state index contributed by atoms with van der Waals surface area (Å²) in [5.74, 6) is -0.234. The molecule has 6 nitrogen and oxygen atoms in total. The molecule has 0 amide bonds. The number of aryl methyl sites for hydroxylation is 2. The first kappa shape index (κ1) is 17.5. The van der Waals surface area contributed by atoms with Crippen LogP contribution in [0.2, 0.25) is 0 Å². The van der Waals surface area contributed by atoms with Gasteiger partial charge in [0.05, 0.1) is 15.5 Å². The molecule has 2 aromatic carbocycles. The van der Waals surface area contributed by atoms with Crippen molar-refractivity contribution in [2.24, 2.45) is 5.14 Å². The Morgan fingerprint density at radius 3 is 2.00 bits per heavy atom. The summed E-state index contributed by atoms with van der Waals surface area (Å²) in [6, 6.07) is 8.65. The second kappa shape index (κ2) is 5.95. The van der Waals surface area contributed by atoms with Crippen molar-refractivity contribution in [3.8, 4) is 0 Å². The van der Waals surface area contributed by atoms with Crippen LogP contribution in [-0.4, -0.2) is 16.8 Å². The molecule has 23 heavy (non-hydrogen) atoms. The fourth-order valence-corrected chi connectivity index (χ4v) is 4.43. The molecule has 0 saturated heterocycles. The highest BCUT2D eigenvalue weighted by molar-refractivity contribution is 7.90. The van der Waals surface area contributed by atoms with Gasteiger partial charge in [0.15, 0.2) is 9.84 Å². The molecule has 0 aromatic heterocycles. The summed E-state index contributed by atoms with van der Waals surface area (Å²) >= 11 is 0. The molecule has 0 bridgehead atoms. The SMILES string of the molecule is Cc1cc(S(=O)(=O)Cc2ccc(S(N)(=O)=O)cc2)c(C)cc1N. The molecule has 0 spiro atoms. The Morgan fingerprint density at radius 2 is 1.48 bits per heavy atom. The summed E-state index contributed by atoms with van der Waals surface area (Å²) in [7, 11) is -7.36. The van der Waals surface area contributed by atoms with Gasteiger partial charge in [-0.2, -0.15) is 0 Å². The zero-order valence-corrected chi connectivity index (χ0v) is 14.4. The van der Waals surface area contributed by atoms with Crippen molar-refractivity contribution in [2.75, 3.05) is 5.73 Å². The third-order valence-corrected chi connectivity index (χ3v) is 6.26. The number of hydrogen-bond acceptors (Lipinski definition) is 5. The monoisotopic (exact) mass is 354 g/mol. The predicted octanol–water partition coefficient (Wildman–Crippen LogP) is 1.51. The molecule has 0 aliphatic heterocycles. The van der Waals surface area contributed by atoms with Crippen LogP contribution in [0.3, 0.4) is 0 Å². The van der Waals surface area contributed by atoms with E-state index in [0.717, 1.165) is 0 Å². The van der Waals surface area contributed by atoms with E-state index < -0.39 is 19.9 Å². The van der Waals surface area contributed by atoms with E-state index in [0.29, 0.717) is 22.4 Å². The number of benzene rings is 2. The first-order valence-corrected chi connectivity index (χ1v) is 9.92. The summed E-state index contributed by atoms with van der Waals surface area (Å²) in [6.45, 7) is 3.43. The van der Waals surface area contributed by atoms with E-state index >= 15 is 0 Å². The minimum atomic E-state index is -3.80. The lowest BCUT2D eigenvalue weighted by molar-refractivity contribution is 0.594. The molecule has 8 heteroatoms. The van der Waals surface area contributed by atoms with Crippen LogP contribution in [0.15, 0.2) is 46.2 Å². The van der Waals surface area contributed by atoms with Crippen molar-refractivity contribution < 1.29 is 16.8 Å². The highest BCUT2D eigenvalue weighted by Gasteiger charge is 2.19. The topological polar surface area (TPSA) is 120 Å². The van der Waals surface area contributed by atoms with E-state index in [1.165, 1.54) is 24.3 Å². The molecule has 0 radical (unpaired) electrons. The highest BCUT2D eigenvalue weighted by Crippen LogP contribution is 2.25. The van der Waals surface area contributed by atoms with Crippen LogP contribution in [0.4, 0.5) is 5.69 Å². The van der Waals surface area contributed by atoms with E-state index in [1.807, 2.05) is 0 Å². The summed E-state index contributed by atoms with van der Waals surface area (Å²) in [5.41, 5.74) is 8.07. The molecule has 0 aliphatic rings. The van der Waals surface area contributed by atoms with Gasteiger partial charge in [-0.25, -0.2) is 22.0 Å². The average molecular weight is 354 g/mol.